The van der Waals surface area contributed by atoms with Crippen LogP contribution in [0.5, 0.6) is 0 Å². The molecule has 62 valence electrons. The predicted molar refractivity (Wildman–Crippen MR) is 48.2 cm³/mol. The van der Waals surface area contributed by atoms with Crippen LogP contribution < -0.4 is 0 Å². The number of carbonyl (C=O) groups is 1. The van der Waals surface area contributed by atoms with Gasteiger partial charge in [0.25, 0.3) is 0 Å². The molecule has 0 N–H and O–H groups in total. The molecule has 0 aliphatic heterocycles. The molecule has 0 heterocycles. The highest BCUT2D eigenvalue weighted by Gasteiger charge is 1.93. The van der Waals surface area contributed by atoms with Crippen LogP contribution in [0, 0.1) is 0 Å². The molecule has 11 heavy (non-hydrogen) atoms. The van der Waals surface area contributed by atoms with Gasteiger partial charge in [-0.1, -0.05) is 25.2 Å². The predicted octanol–water partition coefficient (Wildman–Crippen LogP) is 2.33. The highest BCUT2D eigenvalue weighted by Crippen LogP contribution is 2.01. The third kappa shape index (κ3) is 7.19. The molecule has 3 heteroatoms. The maximum atomic E-state index is 10.7. The summed E-state index contributed by atoms with van der Waals surface area (Å²) in [6.07, 6.45) is 6.66. The van der Waals surface area contributed by atoms with Crippen molar-refractivity contribution < 1.29 is 8.98 Å². The van der Waals surface area contributed by atoms with Gasteiger partial charge in [0.05, 0.1) is 12.0 Å². The van der Waals surface area contributed by atoms with Crippen LogP contribution in [0.4, 0.5) is 0 Å². The first-order chi connectivity index (χ1) is 5.31. The summed E-state index contributed by atoms with van der Waals surface area (Å²) in [5.74, 6) is 0.471. The van der Waals surface area contributed by atoms with E-state index in [1.165, 1.54) is 6.08 Å². The molecular weight excluding hydrogens is 160 g/mol. The molecular formula is C8H12O2S. The zero-order valence-electron chi connectivity index (χ0n) is 6.74. The topological polar surface area (TPSA) is 26.3 Å². The standard InChI is InChI=1S/C8H12O2S/c1-3-5-6-7-8(9)10-11-4-2/h3,5-7H,4H2,1-2H3/b5-3+,7-6+. The summed E-state index contributed by atoms with van der Waals surface area (Å²) in [7, 11) is 0. The molecule has 0 aromatic heterocycles. The van der Waals surface area contributed by atoms with Crippen molar-refractivity contribution >= 4 is 18.0 Å². The van der Waals surface area contributed by atoms with Crippen LogP contribution in [0.1, 0.15) is 13.8 Å². The van der Waals surface area contributed by atoms with Crippen molar-refractivity contribution in [1.29, 1.82) is 0 Å². The van der Waals surface area contributed by atoms with Crippen LogP contribution in [-0.4, -0.2) is 11.7 Å². The minimum Gasteiger partial charge on any atom is -0.388 e. The Hall–Kier alpha value is -0.700. The molecule has 0 rings (SSSR count). The molecule has 0 saturated carbocycles. The van der Waals surface area contributed by atoms with Gasteiger partial charge >= 0.3 is 5.97 Å². The van der Waals surface area contributed by atoms with Gasteiger partial charge in [0, 0.05) is 11.8 Å². The minimum atomic E-state index is -0.310. The van der Waals surface area contributed by atoms with Gasteiger partial charge < -0.3 is 4.18 Å². The van der Waals surface area contributed by atoms with E-state index in [0.717, 1.165) is 17.8 Å². The molecule has 0 bridgehead atoms. The van der Waals surface area contributed by atoms with Gasteiger partial charge in [-0.3, -0.25) is 0 Å². The Kier molecular flexibility index (Phi) is 6.94. The van der Waals surface area contributed by atoms with Gasteiger partial charge in [0.2, 0.25) is 0 Å². The average Bonchev–Trinajstić information content (AvgIpc) is 2.01. The lowest BCUT2D eigenvalue weighted by molar-refractivity contribution is -0.127. The number of allylic oxidation sites excluding steroid dienone is 3. The summed E-state index contributed by atoms with van der Waals surface area (Å²) in [4.78, 5) is 10.7. The Morgan fingerprint density at radius 3 is 2.82 bits per heavy atom. The maximum Gasteiger partial charge on any atom is 0.342 e. The fraction of sp³-hybridized carbons (Fsp3) is 0.375. The fourth-order valence-electron chi connectivity index (χ4n) is 0.390. The van der Waals surface area contributed by atoms with Crippen molar-refractivity contribution in [2.45, 2.75) is 13.8 Å². The summed E-state index contributed by atoms with van der Waals surface area (Å²) < 4.78 is 4.69. The second kappa shape index (κ2) is 7.41. The van der Waals surface area contributed by atoms with Gasteiger partial charge in [-0.05, 0) is 6.92 Å². The Bertz CT molecular complexity index is 161. The van der Waals surface area contributed by atoms with E-state index in [1.54, 1.807) is 12.2 Å². The van der Waals surface area contributed by atoms with E-state index < -0.39 is 0 Å². The van der Waals surface area contributed by atoms with Crippen molar-refractivity contribution in [3.8, 4) is 0 Å². The molecule has 0 amide bonds. The largest absolute Gasteiger partial charge is 0.388 e. The van der Waals surface area contributed by atoms with Crippen molar-refractivity contribution in [3.63, 3.8) is 0 Å². The van der Waals surface area contributed by atoms with Crippen LogP contribution in [0.3, 0.4) is 0 Å². The molecule has 0 aromatic rings. The minimum absolute atomic E-state index is 0.310. The van der Waals surface area contributed by atoms with Gasteiger partial charge in [-0.15, -0.1) is 0 Å². The average molecular weight is 172 g/mol. The lowest BCUT2D eigenvalue weighted by Gasteiger charge is -1.93. The number of carbonyl (C=O) groups excluding carboxylic acids is 1. The summed E-state index contributed by atoms with van der Waals surface area (Å²) in [6.45, 7) is 3.81. The van der Waals surface area contributed by atoms with Crippen molar-refractivity contribution in [3.05, 3.63) is 24.3 Å². The first kappa shape index (κ1) is 10.3. The monoisotopic (exact) mass is 172 g/mol. The maximum absolute atomic E-state index is 10.7. The van der Waals surface area contributed by atoms with Gasteiger partial charge in [-0.2, -0.15) is 0 Å². The molecule has 0 fully saturated rings. The molecule has 0 saturated heterocycles. The van der Waals surface area contributed by atoms with E-state index in [9.17, 15) is 4.79 Å². The summed E-state index contributed by atoms with van der Waals surface area (Å²) >= 11 is 1.15. The Balaban J connectivity index is 3.51. The number of rotatable bonds is 4. The van der Waals surface area contributed by atoms with Crippen LogP contribution in [0.15, 0.2) is 24.3 Å². The van der Waals surface area contributed by atoms with Crippen molar-refractivity contribution in [1.82, 2.24) is 0 Å². The third-order valence-electron chi connectivity index (χ3n) is 0.795. The van der Waals surface area contributed by atoms with E-state index >= 15 is 0 Å². The Morgan fingerprint density at radius 1 is 1.55 bits per heavy atom. The molecule has 0 aliphatic carbocycles. The normalized spacial score (nSPS) is 11.1. The molecule has 0 atom stereocenters. The summed E-state index contributed by atoms with van der Waals surface area (Å²) in [6, 6.07) is 0. The molecule has 0 spiro atoms. The molecule has 0 aliphatic rings. The number of hydrogen-bond donors (Lipinski definition) is 0. The van der Waals surface area contributed by atoms with Gasteiger partial charge in [0.15, 0.2) is 0 Å². The van der Waals surface area contributed by atoms with Gasteiger partial charge in [-0.25, -0.2) is 4.79 Å². The molecule has 0 unspecified atom stereocenters. The van der Waals surface area contributed by atoms with Crippen molar-refractivity contribution in [2.24, 2.45) is 0 Å². The lowest BCUT2D eigenvalue weighted by Crippen LogP contribution is -1.92. The lowest BCUT2D eigenvalue weighted by atomic mass is 10.4. The smallest absolute Gasteiger partial charge is 0.342 e. The fourth-order valence-corrected chi connectivity index (χ4v) is 0.680. The van der Waals surface area contributed by atoms with Crippen LogP contribution >= 0.6 is 12.0 Å². The molecule has 0 radical (unpaired) electrons. The highest BCUT2D eigenvalue weighted by atomic mass is 32.2. The SMILES string of the molecule is C/C=C/C=C/C(=O)OSCC. The first-order valence-corrected chi connectivity index (χ1v) is 4.35. The van der Waals surface area contributed by atoms with Crippen LogP contribution in [0.2, 0.25) is 0 Å². The zero-order chi connectivity index (χ0) is 8.53. The highest BCUT2D eigenvalue weighted by molar-refractivity contribution is 7.95. The first-order valence-electron chi connectivity index (χ1n) is 3.44. The Morgan fingerprint density at radius 2 is 2.27 bits per heavy atom. The second-order valence-corrected chi connectivity index (χ2v) is 2.67. The third-order valence-corrected chi connectivity index (χ3v) is 1.31. The summed E-state index contributed by atoms with van der Waals surface area (Å²) in [5, 5.41) is 0. The molecule has 0 aromatic carbocycles. The second-order valence-electron chi connectivity index (χ2n) is 1.69. The van der Waals surface area contributed by atoms with E-state index in [1.807, 2.05) is 19.9 Å². The van der Waals surface area contributed by atoms with Crippen molar-refractivity contribution in [2.75, 3.05) is 5.75 Å². The molecule has 2 nitrogen and oxygen atoms in total. The van der Waals surface area contributed by atoms with E-state index in [4.69, 9.17) is 4.18 Å². The number of hydrogen-bond acceptors (Lipinski definition) is 3. The zero-order valence-corrected chi connectivity index (χ0v) is 7.56. The van der Waals surface area contributed by atoms with E-state index in [2.05, 4.69) is 0 Å². The van der Waals surface area contributed by atoms with Gasteiger partial charge in [0.1, 0.15) is 0 Å². The van der Waals surface area contributed by atoms with Crippen LogP contribution in [-0.2, 0) is 8.98 Å². The van der Waals surface area contributed by atoms with E-state index in [-0.39, 0.29) is 5.97 Å². The summed E-state index contributed by atoms with van der Waals surface area (Å²) in [5.41, 5.74) is 0. The Labute approximate surface area is 71.5 Å². The van der Waals surface area contributed by atoms with E-state index in [0.29, 0.717) is 0 Å². The quantitative estimate of drug-likeness (QED) is 0.370. The van der Waals surface area contributed by atoms with Crippen LogP contribution in [0.25, 0.3) is 0 Å².